The normalized spacial score (nSPS) is 19.3. The highest BCUT2D eigenvalue weighted by Crippen LogP contribution is 2.32. The summed E-state index contributed by atoms with van der Waals surface area (Å²) in [4.78, 5) is 0. The van der Waals surface area contributed by atoms with Gasteiger partial charge in [-0.05, 0) is 48.9 Å². The fraction of sp³-hybridized carbons (Fsp3) is 0.500. The molecule has 118 valence electrons. The first-order valence-electron chi connectivity index (χ1n) is 8.76. The van der Waals surface area contributed by atoms with Crippen molar-refractivity contribution in [3.05, 3.63) is 36.4 Å². The molecule has 3 rings (SSSR count). The van der Waals surface area contributed by atoms with Crippen molar-refractivity contribution in [3.8, 4) is 0 Å². The molecule has 0 atom stereocenters. The van der Waals surface area contributed by atoms with E-state index in [1.807, 2.05) is 12.2 Å². The van der Waals surface area contributed by atoms with Gasteiger partial charge < -0.3 is 10.6 Å². The molecule has 0 heterocycles. The number of rotatable bonds is 6. The van der Waals surface area contributed by atoms with Gasteiger partial charge in [-0.15, -0.1) is 0 Å². The van der Waals surface area contributed by atoms with Crippen molar-refractivity contribution >= 4 is 23.5 Å². The number of hydrogen-bond donors (Lipinski definition) is 2. The molecule has 2 fully saturated rings. The zero-order chi connectivity index (χ0) is 15.4. The molecular formula is C20H28N2. The summed E-state index contributed by atoms with van der Waals surface area (Å²) < 4.78 is 0. The molecule has 2 aliphatic carbocycles. The van der Waals surface area contributed by atoms with Gasteiger partial charge in [0.1, 0.15) is 0 Å². The lowest BCUT2D eigenvalue weighted by molar-refractivity contribution is 0.751. The van der Waals surface area contributed by atoms with Gasteiger partial charge in [-0.1, -0.05) is 51.0 Å². The summed E-state index contributed by atoms with van der Waals surface area (Å²) in [6, 6.07) is 5.71. The van der Waals surface area contributed by atoms with Crippen molar-refractivity contribution in [2.45, 2.75) is 63.5 Å². The minimum absolute atomic E-state index is 0.618. The summed E-state index contributed by atoms with van der Waals surface area (Å²) in [5.41, 5.74) is 4.79. The quantitative estimate of drug-likeness (QED) is 0.705. The van der Waals surface area contributed by atoms with E-state index in [9.17, 15) is 0 Å². The number of anilines is 2. The monoisotopic (exact) mass is 296 g/mol. The lowest BCUT2D eigenvalue weighted by atomic mass is 10.0. The highest BCUT2D eigenvalue weighted by Gasteiger charge is 2.19. The van der Waals surface area contributed by atoms with Crippen LogP contribution >= 0.6 is 0 Å². The summed E-state index contributed by atoms with van der Waals surface area (Å²) in [6.45, 7) is 7.96. The van der Waals surface area contributed by atoms with Crippen LogP contribution in [0.5, 0.6) is 0 Å². The Morgan fingerprint density at radius 3 is 1.50 bits per heavy atom. The minimum Gasteiger partial charge on any atom is -0.382 e. The van der Waals surface area contributed by atoms with Crippen molar-refractivity contribution in [2.75, 3.05) is 10.6 Å². The van der Waals surface area contributed by atoms with E-state index in [-0.39, 0.29) is 0 Å². The van der Waals surface area contributed by atoms with Crippen molar-refractivity contribution in [1.82, 2.24) is 0 Å². The maximum atomic E-state index is 3.98. The fourth-order valence-corrected chi connectivity index (χ4v) is 3.80. The van der Waals surface area contributed by atoms with E-state index in [2.05, 4.69) is 35.9 Å². The van der Waals surface area contributed by atoms with Crippen LogP contribution in [0.25, 0.3) is 12.2 Å². The largest absolute Gasteiger partial charge is 0.382 e. The van der Waals surface area contributed by atoms with Crippen LogP contribution in [0.3, 0.4) is 0 Å². The molecule has 2 nitrogen and oxygen atoms in total. The standard InChI is InChI=1S/C20H28N2/c1-3-15-13-16(4-2)20(22-18-11-7-8-12-18)14-19(15)21-17-9-5-6-10-17/h3-4,13-14,17-18,21-22H,1-2,5-12H2. The second kappa shape index (κ2) is 7.04. The van der Waals surface area contributed by atoms with Gasteiger partial charge in [-0.2, -0.15) is 0 Å². The molecule has 0 amide bonds. The van der Waals surface area contributed by atoms with Gasteiger partial charge >= 0.3 is 0 Å². The predicted molar refractivity (Wildman–Crippen MR) is 98.4 cm³/mol. The molecule has 1 aromatic rings. The van der Waals surface area contributed by atoms with Gasteiger partial charge in [0, 0.05) is 23.5 Å². The molecule has 0 saturated heterocycles. The second-order valence-electron chi connectivity index (χ2n) is 6.69. The van der Waals surface area contributed by atoms with Gasteiger partial charge in [-0.3, -0.25) is 0 Å². The van der Waals surface area contributed by atoms with Gasteiger partial charge in [0.15, 0.2) is 0 Å². The first-order chi connectivity index (χ1) is 10.8. The van der Waals surface area contributed by atoms with Crippen molar-refractivity contribution < 1.29 is 0 Å². The number of hydrogen-bond acceptors (Lipinski definition) is 2. The summed E-state index contributed by atoms with van der Waals surface area (Å²) >= 11 is 0. The maximum Gasteiger partial charge on any atom is 0.0436 e. The van der Waals surface area contributed by atoms with E-state index in [0.29, 0.717) is 12.1 Å². The van der Waals surface area contributed by atoms with Crippen LogP contribution in [-0.4, -0.2) is 12.1 Å². The minimum atomic E-state index is 0.618. The Bertz CT molecular complexity index is 490. The zero-order valence-corrected chi connectivity index (χ0v) is 13.5. The molecule has 22 heavy (non-hydrogen) atoms. The zero-order valence-electron chi connectivity index (χ0n) is 13.5. The third-order valence-electron chi connectivity index (χ3n) is 5.09. The van der Waals surface area contributed by atoms with Crippen molar-refractivity contribution in [2.24, 2.45) is 0 Å². The summed E-state index contributed by atoms with van der Waals surface area (Å²) in [7, 11) is 0. The first kappa shape index (κ1) is 15.2. The molecule has 0 aliphatic heterocycles. The Balaban J connectivity index is 1.85. The summed E-state index contributed by atoms with van der Waals surface area (Å²) in [5.74, 6) is 0. The van der Waals surface area contributed by atoms with Crippen LogP contribution in [0.2, 0.25) is 0 Å². The van der Waals surface area contributed by atoms with Crippen molar-refractivity contribution in [1.29, 1.82) is 0 Å². The fourth-order valence-electron chi connectivity index (χ4n) is 3.80. The first-order valence-corrected chi connectivity index (χ1v) is 8.76. The van der Waals surface area contributed by atoms with Crippen LogP contribution in [0.1, 0.15) is 62.5 Å². The summed E-state index contributed by atoms with van der Waals surface area (Å²) in [6.07, 6.45) is 14.4. The molecule has 0 bridgehead atoms. The Morgan fingerprint density at radius 1 is 0.727 bits per heavy atom. The Labute approximate surface area is 134 Å². The molecular weight excluding hydrogens is 268 g/mol. The molecule has 0 aromatic heterocycles. The number of benzene rings is 1. The van der Waals surface area contributed by atoms with E-state index in [1.54, 1.807) is 0 Å². The molecule has 2 N–H and O–H groups in total. The van der Waals surface area contributed by atoms with E-state index < -0.39 is 0 Å². The van der Waals surface area contributed by atoms with Crippen molar-refractivity contribution in [3.63, 3.8) is 0 Å². The van der Waals surface area contributed by atoms with E-state index in [4.69, 9.17) is 0 Å². The topological polar surface area (TPSA) is 24.1 Å². The Kier molecular flexibility index (Phi) is 4.87. The molecule has 0 unspecified atom stereocenters. The van der Waals surface area contributed by atoms with Gasteiger partial charge in [0.2, 0.25) is 0 Å². The van der Waals surface area contributed by atoms with Crippen LogP contribution in [-0.2, 0) is 0 Å². The van der Waals surface area contributed by atoms with E-state index >= 15 is 0 Å². The predicted octanol–water partition coefficient (Wildman–Crippen LogP) is 5.68. The van der Waals surface area contributed by atoms with E-state index in [0.717, 1.165) is 0 Å². The molecule has 2 heteroatoms. The smallest absolute Gasteiger partial charge is 0.0436 e. The van der Waals surface area contributed by atoms with Crippen LogP contribution < -0.4 is 10.6 Å². The Morgan fingerprint density at radius 2 is 1.14 bits per heavy atom. The molecule has 0 radical (unpaired) electrons. The maximum absolute atomic E-state index is 3.98. The van der Waals surface area contributed by atoms with E-state index in [1.165, 1.54) is 73.9 Å². The Hall–Kier alpha value is -1.70. The second-order valence-corrected chi connectivity index (χ2v) is 6.69. The molecule has 2 aliphatic rings. The third kappa shape index (κ3) is 3.37. The highest BCUT2D eigenvalue weighted by atomic mass is 15.0. The van der Waals surface area contributed by atoms with Gasteiger partial charge in [0.05, 0.1) is 0 Å². The molecule has 2 saturated carbocycles. The van der Waals surface area contributed by atoms with Crippen LogP contribution in [0.4, 0.5) is 11.4 Å². The highest BCUT2D eigenvalue weighted by molar-refractivity contribution is 5.78. The molecule has 1 aromatic carbocycles. The average Bonchev–Trinajstić information content (AvgIpc) is 3.21. The molecule has 0 spiro atoms. The SMILES string of the molecule is C=Cc1cc(C=C)c(NC2CCCC2)cc1NC1CCCC1. The number of nitrogens with one attached hydrogen (secondary N) is 2. The van der Waals surface area contributed by atoms with Gasteiger partial charge in [0.25, 0.3) is 0 Å². The third-order valence-corrected chi connectivity index (χ3v) is 5.09. The summed E-state index contributed by atoms with van der Waals surface area (Å²) in [5, 5.41) is 7.46. The van der Waals surface area contributed by atoms with Crippen LogP contribution in [0.15, 0.2) is 25.3 Å². The lowest BCUT2D eigenvalue weighted by Crippen LogP contribution is -2.18. The lowest BCUT2D eigenvalue weighted by Gasteiger charge is -2.21. The van der Waals surface area contributed by atoms with Gasteiger partial charge in [-0.25, -0.2) is 0 Å². The average molecular weight is 296 g/mol. The van der Waals surface area contributed by atoms with Crippen LogP contribution in [0, 0.1) is 0 Å².